The average Bonchev–Trinajstić information content (AvgIpc) is 2.25. The lowest BCUT2D eigenvalue weighted by Gasteiger charge is -2.07. The summed E-state index contributed by atoms with van der Waals surface area (Å²) < 4.78 is 39.3. The molecule has 94 valence electrons. The fourth-order valence-electron chi connectivity index (χ4n) is 1.17. The molecule has 0 aromatic heterocycles. The van der Waals surface area contributed by atoms with Crippen LogP contribution in [0.2, 0.25) is 5.02 Å². The SMILES string of the molecule is O=C(OCCCc1ccc(Cl)cc1)C(F)(F)F. The van der Waals surface area contributed by atoms with Gasteiger partial charge in [-0.05, 0) is 30.5 Å². The number of benzene rings is 1. The molecule has 0 saturated heterocycles. The minimum absolute atomic E-state index is 0.249. The minimum Gasteiger partial charge on any atom is -0.459 e. The van der Waals surface area contributed by atoms with Crippen molar-refractivity contribution in [2.75, 3.05) is 6.61 Å². The number of alkyl halides is 3. The Hall–Kier alpha value is -1.23. The van der Waals surface area contributed by atoms with E-state index in [9.17, 15) is 18.0 Å². The van der Waals surface area contributed by atoms with Crippen LogP contribution >= 0.6 is 11.6 Å². The van der Waals surface area contributed by atoms with Crippen molar-refractivity contribution in [3.05, 3.63) is 34.9 Å². The Labute approximate surface area is 101 Å². The van der Waals surface area contributed by atoms with Gasteiger partial charge in [-0.15, -0.1) is 0 Å². The lowest BCUT2D eigenvalue weighted by molar-refractivity contribution is -0.199. The van der Waals surface area contributed by atoms with Gasteiger partial charge >= 0.3 is 12.1 Å². The number of carbonyl (C=O) groups excluding carboxylic acids is 1. The molecule has 0 aliphatic rings. The molecule has 17 heavy (non-hydrogen) atoms. The zero-order chi connectivity index (χ0) is 12.9. The molecular weight excluding hydrogens is 257 g/mol. The first kappa shape index (κ1) is 13.8. The molecule has 0 atom stereocenters. The highest BCUT2D eigenvalue weighted by Gasteiger charge is 2.40. The molecule has 0 aliphatic heterocycles. The molecule has 1 aromatic rings. The topological polar surface area (TPSA) is 26.3 Å². The summed E-state index contributed by atoms with van der Waals surface area (Å²) in [6.07, 6.45) is -4.05. The Kier molecular flexibility index (Phi) is 4.81. The molecular formula is C11H10ClF3O2. The molecule has 0 heterocycles. The number of halogens is 4. The second-order valence-corrected chi connectivity index (χ2v) is 3.80. The standard InChI is InChI=1S/C11H10ClF3O2/c12-9-5-3-8(4-6-9)2-1-7-17-10(16)11(13,14)15/h3-6H,1-2,7H2. The van der Waals surface area contributed by atoms with Gasteiger partial charge in [-0.3, -0.25) is 0 Å². The van der Waals surface area contributed by atoms with Crippen LogP contribution in [-0.4, -0.2) is 18.8 Å². The maximum absolute atomic E-state index is 11.8. The zero-order valence-electron chi connectivity index (χ0n) is 8.76. The van der Waals surface area contributed by atoms with Crippen LogP contribution in [-0.2, 0) is 16.0 Å². The van der Waals surface area contributed by atoms with Crippen molar-refractivity contribution >= 4 is 17.6 Å². The van der Waals surface area contributed by atoms with Crippen molar-refractivity contribution in [3.63, 3.8) is 0 Å². The normalized spacial score (nSPS) is 11.3. The first-order valence-corrected chi connectivity index (χ1v) is 5.26. The molecule has 2 nitrogen and oxygen atoms in total. The predicted octanol–water partition coefficient (Wildman–Crippen LogP) is 3.38. The summed E-state index contributed by atoms with van der Waals surface area (Å²) in [6, 6.07) is 6.93. The highest BCUT2D eigenvalue weighted by molar-refractivity contribution is 6.30. The molecule has 1 rings (SSSR count). The van der Waals surface area contributed by atoms with Gasteiger partial charge in [0, 0.05) is 5.02 Å². The summed E-state index contributed by atoms with van der Waals surface area (Å²) in [5.41, 5.74) is 0.928. The van der Waals surface area contributed by atoms with E-state index in [2.05, 4.69) is 4.74 Å². The van der Waals surface area contributed by atoms with Crippen LogP contribution in [0.1, 0.15) is 12.0 Å². The van der Waals surface area contributed by atoms with Gasteiger partial charge in [0.15, 0.2) is 0 Å². The Balaban J connectivity index is 2.25. The van der Waals surface area contributed by atoms with Crippen molar-refractivity contribution in [3.8, 4) is 0 Å². The van der Waals surface area contributed by atoms with Crippen LogP contribution in [0.4, 0.5) is 13.2 Å². The minimum atomic E-state index is -4.92. The summed E-state index contributed by atoms with van der Waals surface area (Å²) in [7, 11) is 0. The molecule has 0 N–H and O–H groups in total. The first-order chi connectivity index (χ1) is 7.89. The lowest BCUT2D eigenvalue weighted by atomic mass is 10.1. The van der Waals surface area contributed by atoms with E-state index < -0.39 is 12.1 Å². The van der Waals surface area contributed by atoms with Gasteiger partial charge in [0.2, 0.25) is 0 Å². The average molecular weight is 267 g/mol. The van der Waals surface area contributed by atoms with Crippen molar-refractivity contribution in [1.29, 1.82) is 0 Å². The smallest absolute Gasteiger partial charge is 0.459 e. The molecule has 0 spiro atoms. The Morgan fingerprint density at radius 2 is 1.82 bits per heavy atom. The summed E-state index contributed by atoms with van der Waals surface area (Å²) >= 11 is 5.67. The van der Waals surface area contributed by atoms with E-state index in [4.69, 9.17) is 11.6 Å². The number of hydrogen-bond donors (Lipinski definition) is 0. The van der Waals surface area contributed by atoms with Gasteiger partial charge in [0.25, 0.3) is 0 Å². The summed E-state index contributed by atoms with van der Waals surface area (Å²) in [5, 5.41) is 0.595. The third kappa shape index (κ3) is 5.08. The Bertz CT molecular complexity index is 373. The molecule has 1 aromatic carbocycles. The van der Waals surface area contributed by atoms with Crippen molar-refractivity contribution in [1.82, 2.24) is 0 Å². The first-order valence-electron chi connectivity index (χ1n) is 4.88. The van der Waals surface area contributed by atoms with Gasteiger partial charge < -0.3 is 4.74 Å². The zero-order valence-corrected chi connectivity index (χ0v) is 9.52. The summed E-state index contributed by atoms with van der Waals surface area (Å²) in [4.78, 5) is 10.4. The largest absolute Gasteiger partial charge is 0.490 e. The van der Waals surface area contributed by atoms with E-state index in [1.165, 1.54) is 0 Å². The quantitative estimate of drug-likeness (QED) is 0.617. The number of hydrogen-bond acceptors (Lipinski definition) is 2. The third-order valence-electron chi connectivity index (χ3n) is 1.99. The number of esters is 1. The maximum Gasteiger partial charge on any atom is 0.490 e. The second-order valence-electron chi connectivity index (χ2n) is 3.36. The van der Waals surface area contributed by atoms with E-state index in [1.54, 1.807) is 24.3 Å². The second kappa shape index (κ2) is 5.91. The summed E-state index contributed by atoms with van der Waals surface area (Å²) in [5.74, 6) is -2.14. The molecule has 0 bridgehead atoms. The highest BCUT2D eigenvalue weighted by Crippen LogP contribution is 2.17. The third-order valence-corrected chi connectivity index (χ3v) is 2.24. The van der Waals surface area contributed by atoms with E-state index in [0.717, 1.165) is 5.56 Å². The number of rotatable bonds is 4. The predicted molar refractivity (Wildman–Crippen MR) is 56.8 cm³/mol. The molecule has 0 saturated carbocycles. The van der Waals surface area contributed by atoms with Gasteiger partial charge in [-0.25, -0.2) is 4.79 Å². The van der Waals surface area contributed by atoms with E-state index in [0.29, 0.717) is 17.9 Å². The van der Waals surface area contributed by atoms with E-state index in [-0.39, 0.29) is 6.61 Å². The van der Waals surface area contributed by atoms with Crippen molar-refractivity contribution in [2.45, 2.75) is 19.0 Å². The van der Waals surface area contributed by atoms with Crippen LogP contribution in [0.3, 0.4) is 0 Å². The molecule has 0 aliphatic carbocycles. The Morgan fingerprint density at radius 1 is 1.24 bits per heavy atom. The van der Waals surface area contributed by atoms with Crippen LogP contribution in [0.5, 0.6) is 0 Å². The molecule has 0 fully saturated rings. The molecule has 6 heteroatoms. The monoisotopic (exact) mass is 266 g/mol. The highest BCUT2D eigenvalue weighted by atomic mass is 35.5. The fraction of sp³-hybridized carbons (Fsp3) is 0.364. The molecule has 0 unspecified atom stereocenters. The van der Waals surface area contributed by atoms with Gasteiger partial charge in [0.1, 0.15) is 0 Å². The Morgan fingerprint density at radius 3 is 2.35 bits per heavy atom. The van der Waals surface area contributed by atoms with Gasteiger partial charge in [-0.1, -0.05) is 23.7 Å². The van der Waals surface area contributed by atoms with E-state index >= 15 is 0 Å². The lowest BCUT2D eigenvalue weighted by Crippen LogP contribution is -2.25. The van der Waals surface area contributed by atoms with Gasteiger partial charge in [0.05, 0.1) is 6.61 Å². The summed E-state index contributed by atoms with van der Waals surface area (Å²) in [6.45, 7) is -0.249. The van der Waals surface area contributed by atoms with E-state index in [1.807, 2.05) is 0 Å². The number of aryl methyl sites for hydroxylation is 1. The van der Waals surface area contributed by atoms with Crippen LogP contribution in [0.25, 0.3) is 0 Å². The number of ether oxygens (including phenoxy) is 1. The van der Waals surface area contributed by atoms with Crippen LogP contribution < -0.4 is 0 Å². The number of carbonyl (C=O) groups is 1. The maximum atomic E-state index is 11.8. The van der Waals surface area contributed by atoms with Gasteiger partial charge in [-0.2, -0.15) is 13.2 Å². The van der Waals surface area contributed by atoms with Crippen molar-refractivity contribution < 1.29 is 22.7 Å². The molecule has 0 amide bonds. The molecule has 0 radical (unpaired) electrons. The van der Waals surface area contributed by atoms with Crippen molar-refractivity contribution in [2.24, 2.45) is 0 Å². The fourth-order valence-corrected chi connectivity index (χ4v) is 1.30. The van der Waals surface area contributed by atoms with Crippen LogP contribution in [0.15, 0.2) is 24.3 Å². The van der Waals surface area contributed by atoms with Crippen LogP contribution in [0, 0.1) is 0 Å².